The summed E-state index contributed by atoms with van der Waals surface area (Å²) in [7, 11) is 0. The molecule has 2 atom stereocenters. The van der Waals surface area contributed by atoms with Gasteiger partial charge in [-0.2, -0.15) is 0 Å². The lowest BCUT2D eigenvalue weighted by Gasteiger charge is -2.40. The van der Waals surface area contributed by atoms with E-state index in [-0.39, 0.29) is 18.1 Å². The lowest BCUT2D eigenvalue weighted by atomic mass is 10.0. The predicted octanol–water partition coefficient (Wildman–Crippen LogP) is 1.59. The Labute approximate surface area is 145 Å². The first-order valence-corrected chi connectivity index (χ1v) is 9.05. The molecule has 2 unspecified atom stereocenters. The molecule has 0 aliphatic carbocycles. The largest absolute Gasteiger partial charge is 0.392 e. The van der Waals surface area contributed by atoms with Crippen molar-refractivity contribution in [3.8, 4) is 0 Å². The first kappa shape index (κ1) is 18.9. The van der Waals surface area contributed by atoms with Gasteiger partial charge in [0.2, 0.25) is 5.91 Å². The van der Waals surface area contributed by atoms with Gasteiger partial charge in [-0.15, -0.1) is 0 Å². The van der Waals surface area contributed by atoms with Gasteiger partial charge in [0.25, 0.3) is 0 Å². The van der Waals surface area contributed by atoms with E-state index in [2.05, 4.69) is 9.80 Å². The average molecular weight is 333 g/mol. The summed E-state index contributed by atoms with van der Waals surface area (Å²) in [6, 6.07) is 9.88. The summed E-state index contributed by atoms with van der Waals surface area (Å²) >= 11 is 0. The zero-order chi connectivity index (χ0) is 17.5. The molecule has 2 rings (SSSR count). The molecule has 0 bridgehead atoms. The fourth-order valence-electron chi connectivity index (χ4n) is 3.43. The topological polar surface area (TPSA) is 47.0 Å². The van der Waals surface area contributed by atoms with Crippen LogP contribution in [0.4, 0.5) is 0 Å². The Morgan fingerprint density at radius 1 is 1.12 bits per heavy atom. The number of aliphatic hydroxyl groups excluding tert-OH is 1. The number of hydrogen-bond donors (Lipinski definition) is 1. The normalized spacial score (nSPS) is 19.0. The average Bonchev–Trinajstić information content (AvgIpc) is 2.58. The van der Waals surface area contributed by atoms with Crippen LogP contribution in [0.2, 0.25) is 0 Å². The smallest absolute Gasteiger partial charge is 0.244 e. The quantitative estimate of drug-likeness (QED) is 0.823. The highest BCUT2D eigenvalue weighted by atomic mass is 16.3. The van der Waals surface area contributed by atoms with Crippen LogP contribution in [0, 0.1) is 0 Å². The van der Waals surface area contributed by atoms with E-state index in [4.69, 9.17) is 0 Å². The molecule has 1 fully saturated rings. The second kappa shape index (κ2) is 9.16. The molecule has 1 aliphatic heterocycles. The Balaban J connectivity index is 2.14. The lowest BCUT2D eigenvalue weighted by molar-refractivity contribution is -0.137. The third-order valence-corrected chi connectivity index (χ3v) is 4.72. The molecule has 0 aromatic heterocycles. The summed E-state index contributed by atoms with van der Waals surface area (Å²) in [5.74, 6) is 0.190. The molecular formula is C19H31N3O2. The van der Waals surface area contributed by atoms with Gasteiger partial charge in [0, 0.05) is 45.8 Å². The molecule has 1 N–H and O–H groups in total. The van der Waals surface area contributed by atoms with E-state index in [0.717, 1.165) is 44.8 Å². The molecule has 134 valence electrons. The Morgan fingerprint density at radius 2 is 1.71 bits per heavy atom. The Bertz CT molecular complexity index is 495. The summed E-state index contributed by atoms with van der Waals surface area (Å²) < 4.78 is 0. The lowest BCUT2D eigenvalue weighted by Crippen LogP contribution is -2.52. The van der Waals surface area contributed by atoms with E-state index >= 15 is 0 Å². The Kier molecular flexibility index (Phi) is 7.21. The molecule has 5 nitrogen and oxygen atoms in total. The van der Waals surface area contributed by atoms with Crippen LogP contribution >= 0.6 is 0 Å². The van der Waals surface area contributed by atoms with Crippen molar-refractivity contribution in [3.63, 3.8) is 0 Å². The number of carbonyl (C=O) groups is 1. The highest BCUT2D eigenvalue weighted by Crippen LogP contribution is 2.24. The van der Waals surface area contributed by atoms with Crippen molar-refractivity contribution < 1.29 is 9.90 Å². The minimum absolute atomic E-state index is 0.190. The van der Waals surface area contributed by atoms with Crippen molar-refractivity contribution in [2.24, 2.45) is 0 Å². The predicted molar refractivity (Wildman–Crippen MR) is 96.8 cm³/mol. The summed E-state index contributed by atoms with van der Waals surface area (Å²) in [5.41, 5.74) is 1.07. The van der Waals surface area contributed by atoms with Crippen molar-refractivity contribution in [3.05, 3.63) is 35.9 Å². The molecule has 5 heteroatoms. The van der Waals surface area contributed by atoms with Crippen molar-refractivity contribution in [1.29, 1.82) is 0 Å². The number of aliphatic hydroxyl groups is 1. The van der Waals surface area contributed by atoms with Crippen molar-refractivity contribution in [1.82, 2.24) is 14.7 Å². The molecular weight excluding hydrogens is 302 g/mol. The number of hydrogen-bond acceptors (Lipinski definition) is 4. The van der Waals surface area contributed by atoms with Gasteiger partial charge in [-0.25, -0.2) is 0 Å². The number of carbonyl (C=O) groups excluding carboxylic acids is 1. The van der Waals surface area contributed by atoms with E-state index in [1.165, 1.54) is 0 Å². The summed E-state index contributed by atoms with van der Waals surface area (Å²) in [4.78, 5) is 19.6. The zero-order valence-electron chi connectivity index (χ0n) is 15.2. The number of piperazine rings is 1. The van der Waals surface area contributed by atoms with Crippen molar-refractivity contribution in [2.75, 3.05) is 45.8 Å². The maximum absolute atomic E-state index is 13.1. The summed E-state index contributed by atoms with van der Waals surface area (Å²) in [6.45, 7) is 11.5. The van der Waals surface area contributed by atoms with Gasteiger partial charge in [0.05, 0.1) is 6.10 Å². The minimum atomic E-state index is -0.307. The molecule has 1 aromatic carbocycles. The number of benzene rings is 1. The maximum Gasteiger partial charge on any atom is 0.244 e. The number of amides is 1. The van der Waals surface area contributed by atoms with Gasteiger partial charge < -0.3 is 10.0 Å². The third-order valence-electron chi connectivity index (χ3n) is 4.72. The van der Waals surface area contributed by atoms with E-state index in [1.54, 1.807) is 0 Å². The highest BCUT2D eigenvalue weighted by Gasteiger charge is 2.32. The molecule has 24 heavy (non-hydrogen) atoms. The van der Waals surface area contributed by atoms with Crippen LogP contribution in [0.3, 0.4) is 0 Å². The van der Waals surface area contributed by atoms with Crippen LogP contribution in [0.25, 0.3) is 0 Å². The molecule has 1 heterocycles. The second-order valence-corrected chi connectivity index (χ2v) is 6.51. The maximum atomic E-state index is 13.1. The number of likely N-dealkylation sites (N-methyl/N-ethyl adjacent to an activating group) is 1. The Morgan fingerprint density at radius 3 is 2.21 bits per heavy atom. The highest BCUT2D eigenvalue weighted by molar-refractivity contribution is 5.83. The van der Waals surface area contributed by atoms with Crippen LogP contribution in [0.5, 0.6) is 0 Å². The molecule has 0 saturated carbocycles. The third kappa shape index (κ3) is 4.79. The van der Waals surface area contributed by atoms with Gasteiger partial charge in [0.1, 0.15) is 6.04 Å². The van der Waals surface area contributed by atoms with Gasteiger partial charge in [0.15, 0.2) is 0 Å². The SMILES string of the molecule is CCN(CC)C(=O)C(c1ccccc1)N1CCN(CC(C)O)CC1. The molecule has 0 radical (unpaired) electrons. The first-order valence-electron chi connectivity index (χ1n) is 9.05. The van der Waals surface area contributed by atoms with E-state index < -0.39 is 0 Å². The van der Waals surface area contributed by atoms with E-state index in [9.17, 15) is 9.90 Å². The van der Waals surface area contributed by atoms with Crippen LogP contribution in [0.15, 0.2) is 30.3 Å². The monoisotopic (exact) mass is 333 g/mol. The number of nitrogens with zero attached hydrogens (tertiary/aromatic N) is 3. The van der Waals surface area contributed by atoms with Crippen LogP contribution in [0.1, 0.15) is 32.4 Å². The molecule has 1 amide bonds. The van der Waals surface area contributed by atoms with Crippen LogP contribution < -0.4 is 0 Å². The standard InChI is InChI=1S/C19H31N3O2/c1-4-21(5-2)19(24)18(17-9-7-6-8-10-17)22-13-11-20(12-14-22)15-16(3)23/h6-10,16,18,23H,4-5,11-15H2,1-3H3. The van der Waals surface area contributed by atoms with Gasteiger partial charge >= 0.3 is 0 Å². The van der Waals surface area contributed by atoms with Gasteiger partial charge in [-0.05, 0) is 26.3 Å². The van der Waals surface area contributed by atoms with Gasteiger partial charge in [-0.1, -0.05) is 30.3 Å². The van der Waals surface area contributed by atoms with E-state index in [0.29, 0.717) is 6.54 Å². The molecule has 1 aromatic rings. The molecule has 1 saturated heterocycles. The molecule has 0 spiro atoms. The molecule has 1 aliphatic rings. The van der Waals surface area contributed by atoms with Gasteiger partial charge in [-0.3, -0.25) is 14.6 Å². The van der Waals surface area contributed by atoms with E-state index in [1.807, 2.05) is 56.0 Å². The number of β-amino-alcohol motifs (C(OH)–C–C–N with tert-alkyl or cyclic N) is 1. The Hall–Kier alpha value is -1.43. The first-order chi connectivity index (χ1) is 11.6. The number of rotatable bonds is 7. The van der Waals surface area contributed by atoms with Crippen molar-refractivity contribution >= 4 is 5.91 Å². The van der Waals surface area contributed by atoms with Crippen molar-refractivity contribution in [2.45, 2.75) is 32.9 Å². The fourth-order valence-corrected chi connectivity index (χ4v) is 3.43. The summed E-state index contributed by atoms with van der Waals surface area (Å²) in [6.07, 6.45) is -0.307. The zero-order valence-corrected chi connectivity index (χ0v) is 15.2. The minimum Gasteiger partial charge on any atom is -0.392 e. The summed E-state index contributed by atoms with van der Waals surface area (Å²) in [5, 5.41) is 9.57. The van der Waals surface area contributed by atoms with Crippen LogP contribution in [-0.2, 0) is 4.79 Å². The fraction of sp³-hybridized carbons (Fsp3) is 0.632. The van der Waals surface area contributed by atoms with Crippen LogP contribution in [-0.4, -0.2) is 77.6 Å². The second-order valence-electron chi connectivity index (χ2n) is 6.51.